The van der Waals surface area contributed by atoms with Crippen molar-refractivity contribution in [2.45, 2.75) is 33.6 Å². The number of piperidine rings is 1. The summed E-state index contributed by atoms with van der Waals surface area (Å²) in [4.78, 5) is 11.6. The van der Waals surface area contributed by atoms with E-state index in [4.69, 9.17) is 4.98 Å². The number of nitrogens with one attached hydrogen (secondary N) is 2. The van der Waals surface area contributed by atoms with E-state index >= 15 is 0 Å². The summed E-state index contributed by atoms with van der Waals surface area (Å²) in [6, 6.07) is 0. The highest BCUT2D eigenvalue weighted by molar-refractivity contribution is 5.87. The summed E-state index contributed by atoms with van der Waals surface area (Å²) in [5.41, 5.74) is 0.810. The Morgan fingerprint density at radius 1 is 1.29 bits per heavy atom. The third-order valence-electron chi connectivity index (χ3n) is 3.99. The molecule has 0 aliphatic carbocycles. The van der Waals surface area contributed by atoms with Crippen LogP contribution in [-0.4, -0.2) is 39.8 Å². The molecular formula is C15H24N6. The highest BCUT2D eigenvalue weighted by atomic mass is 15.3. The van der Waals surface area contributed by atoms with Gasteiger partial charge in [-0.1, -0.05) is 20.8 Å². The van der Waals surface area contributed by atoms with Crippen LogP contribution < -0.4 is 10.2 Å². The van der Waals surface area contributed by atoms with E-state index in [9.17, 15) is 0 Å². The Morgan fingerprint density at radius 2 is 2.05 bits per heavy atom. The lowest BCUT2D eigenvalue weighted by molar-refractivity contribution is 0.356. The molecule has 3 rings (SSSR count). The lowest BCUT2D eigenvalue weighted by atomic mass is 9.92. The summed E-state index contributed by atoms with van der Waals surface area (Å²) in [6.07, 6.45) is 4.17. The van der Waals surface area contributed by atoms with Crippen molar-refractivity contribution >= 4 is 22.8 Å². The molecule has 1 saturated heterocycles. The highest BCUT2D eigenvalue weighted by Crippen LogP contribution is 2.30. The Bertz CT molecular complexity index is 597. The fourth-order valence-corrected chi connectivity index (χ4v) is 3.21. The molecule has 1 aliphatic rings. The van der Waals surface area contributed by atoms with Crippen LogP contribution in [0.4, 0.5) is 11.8 Å². The summed E-state index contributed by atoms with van der Waals surface area (Å²) in [7, 11) is 0. The number of nitrogens with zero attached hydrogens (tertiary/aromatic N) is 4. The smallest absolute Gasteiger partial charge is 0.226 e. The van der Waals surface area contributed by atoms with Crippen LogP contribution in [0.5, 0.6) is 0 Å². The maximum absolute atomic E-state index is 4.75. The van der Waals surface area contributed by atoms with Crippen LogP contribution in [0.1, 0.15) is 33.6 Å². The van der Waals surface area contributed by atoms with Gasteiger partial charge in [-0.3, -0.25) is 5.10 Å². The van der Waals surface area contributed by atoms with Gasteiger partial charge in [0, 0.05) is 19.6 Å². The zero-order valence-electron chi connectivity index (χ0n) is 13.1. The van der Waals surface area contributed by atoms with Crippen LogP contribution in [0, 0.1) is 11.8 Å². The number of fused-ring (bicyclic) bond motifs is 1. The molecule has 2 aromatic heterocycles. The standard InChI is InChI=1S/C15H24N6/c1-4-5-16-15-18-13-12(7-17-20-13)14(19-15)21-8-10(2)6-11(3)9-21/h7,10-11H,4-6,8-9H2,1-3H3,(H2,16,17,18,19,20). The Hall–Kier alpha value is -1.85. The summed E-state index contributed by atoms with van der Waals surface area (Å²) in [5, 5.41) is 11.4. The minimum atomic E-state index is 0.689. The van der Waals surface area contributed by atoms with Crippen molar-refractivity contribution < 1.29 is 0 Å². The van der Waals surface area contributed by atoms with Gasteiger partial charge in [0.2, 0.25) is 5.95 Å². The maximum Gasteiger partial charge on any atom is 0.226 e. The predicted octanol–water partition coefficient (Wildman–Crippen LogP) is 2.66. The van der Waals surface area contributed by atoms with E-state index in [0.717, 1.165) is 42.9 Å². The second-order valence-electron chi connectivity index (χ2n) is 6.28. The summed E-state index contributed by atoms with van der Waals surface area (Å²) in [6.45, 7) is 9.74. The van der Waals surface area contributed by atoms with Gasteiger partial charge in [0.25, 0.3) is 0 Å². The number of aromatic nitrogens is 4. The molecule has 0 aromatic carbocycles. The maximum atomic E-state index is 4.75. The second kappa shape index (κ2) is 5.87. The largest absolute Gasteiger partial charge is 0.355 e. The van der Waals surface area contributed by atoms with Gasteiger partial charge in [0.1, 0.15) is 5.82 Å². The molecule has 2 N–H and O–H groups in total. The zero-order chi connectivity index (χ0) is 14.8. The van der Waals surface area contributed by atoms with Gasteiger partial charge >= 0.3 is 0 Å². The molecule has 0 saturated carbocycles. The van der Waals surface area contributed by atoms with Crippen molar-refractivity contribution in [3.8, 4) is 0 Å². The van der Waals surface area contributed by atoms with E-state index in [1.807, 2.05) is 6.20 Å². The van der Waals surface area contributed by atoms with E-state index in [1.165, 1.54) is 6.42 Å². The van der Waals surface area contributed by atoms with Crippen molar-refractivity contribution in [3.63, 3.8) is 0 Å². The third kappa shape index (κ3) is 2.94. The SMILES string of the molecule is CCCNc1nc(N2CC(C)CC(C)C2)c2cn[nH]c2n1. The lowest BCUT2D eigenvalue weighted by Gasteiger charge is -2.36. The fraction of sp³-hybridized carbons (Fsp3) is 0.667. The minimum absolute atomic E-state index is 0.689. The topological polar surface area (TPSA) is 69.7 Å². The van der Waals surface area contributed by atoms with Gasteiger partial charge in [-0.05, 0) is 24.7 Å². The van der Waals surface area contributed by atoms with Gasteiger partial charge in [0.05, 0.1) is 11.6 Å². The molecule has 0 amide bonds. The average molecular weight is 288 g/mol. The van der Waals surface area contributed by atoms with E-state index in [0.29, 0.717) is 17.8 Å². The predicted molar refractivity (Wildman–Crippen MR) is 85.6 cm³/mol. The molecule has 1 aliphatic heterocycles. The first-order valence-corrected chi connectivity index (χ1v) is 7.87. The zero-order valence-corrected chi connectivity index (χ0v) is 13.1. The van der Waals surface area contributed by atoms with Crippen LogP contribution in [-0.2, 0) is 0 Å². The molecule has 0 spiro atoms. The van der Waals surface area contributed by atoms with Crippen LogP contribution in [0.25, 0.3) is 11.0 Å². The molecule has 2 aromatic rings. The van der Waals surface area contributed by atoms with Gasteiger partial charge in [0.15, 0.2) is 5.65 Å². The van der Waals surface area contributed by atoms with Gasteiger partial charge < -0.3 is 10.2 Å². The van der Waals surface area contributed by atoms with Gasteiger partial charge in [-0.25, -0.2) is 0 Å². The molecule has 0 bridgehead atoms. The van der Waals surface area contributed by atoms with Crippen molar-refractivity contribution in [3.05, 3.63) is 6.20 Å². The van der Waals surface area contributed by atoms with Crippen LogP contribution in [0.2, 0.25) is 0 Å². The summed E-state index contributed by atoms with van der Waals surface area (Å²) < 4.78 is 0. The lowest BCUT2D eigenvalue weighted by Crippen LogP contribution is -2.39. The number of aromatic amines is 1. The van der Waals surface area contributed by atoms with E-state index in [1.54, 1.807) is 0 Å². The molecule has 2 unspecified atom stereocenters. The molecule has 1 fully saturated rings. The molecule has 3 heterocycles. The molecule has 0 radical (unpaired) electrons. The first kappa shape index (κ1) is 14.1. The summed E-state index contributed by atoms with van der Waals surface area (Å²) in [5.74, 6) is 3.08. The minimum Gasteiger partial charge on any atom is -0.355 e. The number of H-pyrrole nitrogens is 1. The van der Waals surface area contributed by atoms with Crippen molar-refractivity contribution in [2.24, 2.45) is 11.8 Å². The molecule has 21 heavy (non-hydrogen) atoms. The Balaban J connectivity index is 1.97. The molecule has 2 atom stereocenters. The molecule has 6 nitrogen and oxygen atoms in total. The summed E-state index contributed by atoms with van der Waals surface area (Å²) >= 11 is 0. The van der Waals surface area contributed by atoms with Crippen LogP contribution in [0.15, 0.2) is 6.20 Å². The number of rotatable bonds is 4. The molecule has 114 valence electrons. The average Bonchev–Trinajstić information content (AvgIpc) is 2.91. The first-order valence-electron chi connectivity index (χ1n) is 7.87. The first-order chi connectivity index (χ1) is 10.2. The Morgan fingerprint density at radius 3 is 2.76 bits per heavy atom. The number of hydrogen-bond acceptors (Lipinski definition) is 5. The number of hydrogen-bond donors (Lipinski definition) is 2. The third-order valence-corrected chi connectivity index (χ3v) is 3.99. The van der Waals surface area contributed by atoms with E-state index in [2.05, 4.69) is 46.2 Å². The van der Waals surface area contributed by atoms with E-state index < -0.39 is 0 Å². The number of anilines is 2. The monoisotopic (exact) mass is 288 g/mol. The van der Waals surface area contributed by atoms with Crippen LogP contribution in [0.3, 0.4) is 0 Å². The Labute approximate surface area is 125 Å². The highest BCUT2D eigenvalue weighted by Gasteiger charge is 2.25. The molecular weight excluding hydrogens is 264 g/mol. The molecule has 6 heteroatoms. The van der Waals surface area contributed by atoms with Gasteiger partial charge in [-0.2, -0.15) is 15.1 Å². The van der Waals surface area contributed by atoms with Gasteiger partial charge in [-0.15, -0.1) is 0 Å². The van der Waals surface area contributed by atoms with Crippen molar-refractivity contribution in [2.75, 3.05) is 29.9 Å². The van der Waals surface area contributed by atoms with Crippen molar-refractivity contribution in [1.29, 1.82) is 0 Å². The second-order valence-corrected chi connectivity index (χ2v) is 6.28. The van der Waals surface area contributed by atoms with Crippen LogP contribution >= 0.6 is 0 Å². The quantitative estimate of drug-likeness (QED) is 0.905. The Kier molecular flexibility index (Phi) is 3.94. The van der Waals surface area contributed by atoms with Crippen molar-refractivity contribution in [1.82, 2.24) is 20.2 Å². The normalized spacial score (nSPS) is 22.7. The van der Waals surface area contributed by atoms with E-state index in [-0.39, 0.29) is 0 Å². The fourth-order valence-electron chi connectivity index (χ4n) is 3.21.